The fourth-order valence-corrected chi connectivity index (χ4v) is 4.75. The van der Waals surface area contributed by atoms with Crippen molar-refractivity contribution in [2.24, 2.45) is 14.1 Å². The highest BCUT2D eigenvalue weighted by molar-refractivity contribution is 6.67. The van der Waals surface area contributed by atoms with E-state index in [-0.39, 0.29) is 36.6 Å². The minimum atomic E-state index is -0.439. The van der Waals surface area contributed by atoms with Gasteiger partial charge >= 0.3 is 0 Å². The summed E-state index contributed by atoms with van der Waals surface area (Å²) in [6, 6.07) is 33.3. The van der Waals surface area contributed by atoms with Gasteiger partial charge in [0.2, 0.25) is 0 Å². The van der Waals surface area contributed by atoms with Crippen LogP contribution >= 0.6 is 23.2 Å². The molecule has 0 spiro atoms. The summed E-state index contributed by atoms with van der Waals surface area (Å²) >= 11 is 10.8. The van der Waals surface area contributed by atoms with Crippen molar-refractivity contribution in [1.29, 1.82) is 0 Å². The van der Waals surface area contributed by atoms with Gasteiger partial charge in [0.25, 0.3) is 17.1 Å². The van der Waals surface area contributed by atoms with Crippen molar-refractivity contribution >= 4 is 57.3 Å². The molecule has 0 aliphatic heterocycles. The van der Waals surface area contributed by atoms with Gasteiger partial charge in [0, 0.05) is 64.9 Å². The van der Waals surface area contributed by atoms with Crippen molar-refractivity contribution in [2.45, 2.75) is 32.6 Å². The first kappa shape index (κ1) is 48.7. The van der Waals surface area contributed by atoms with Crippen molar-refractivity contribution in [2.75, 3.05) is 16.4 Å². The van der Waals surface area contributed by atoms with Gasteiger partial charge in [-0.2, -0.15) is 0 Å². The highest BCUT2D eigenvalue weighted by Gasteiger charge is 2.08. The van der Waals surface area contributed by atoms with Gasteiger partial charge in [-0.05, 0) is 89.7 Å². The van der Waals surface area contributed by atoms with Gasteiger partial charge in [-0.1, -0.05) is 50.2 Å². The Morgan fingerprint density at radius 3 is 1.20 bits per heavy atom. The van der Waals surface area contributed by atoms with Crippen molar-refractivity contribution in [3.8, 4) is 0 Å². The van der Waals surface area contributed by atoms with Crippen LogP contribution in [0.4, 0.5) is 17.1 Å². The molecule has 0 fully saturated rings. The van der Waals surface area contributed by atoms with Crippen LogP contribution in [-0.4, -0.2) is 22.0 Å². The van der Waals surface area contributed by atoms with Gasteiger partial charge in [-0.25, -0.2) is 9.13 Å². The third-order valence-electron chi connectivity index (χ3n) is 7.76. The van der Waals surface area contributed by atoms with Crippen LogP contribution in [0, 0.1) is 0 Å². The third kappa shape index (κ3) is 17.9. The molecule has 0 aliphatic rings. The van der Waals surface area contributed by atoms with E-state index in [4.69, 9.17) is 28.9 Å². The number of hydrogen-bond acceptors (Lipinski definition) is 5. The maximum absolute atomic E-state index is 12.0. The van der Waals surface area contributed by atoms with E-state index in [0.29, 0.717) is 22.6 Å². The maximum atomic E-state index is 12.0. The number of carbonyl (C=O) groups is 3. The van der Waals surface area contributed by atoms with Crippen molar-refractivity contribution in [1.82, 2.24) is 4.98 Å². The highest BCUT2D eigenvalue weighted by atomic mass is 35.5. The van der Waals surface area contributed by atoms with Gasteiger partial charge in [0.15, 0.2) is 24.8 Å². The summed E-state index contributed by atoms with van der Waals surface area (Å²) in [6.07, 6.45) is 12.9. The molecular formula is C43H46Cl4N6O3. The number of halogens is 4. The van der Waals surface area contributed by atoms with Crippen LogP contribution in [-0.2, 0) is 32.8 Å². The third-order valence-corrected chi connectivity index (χ3v) is 8.29. The largest absolute Gasteiger partial charge is 1.00 e. The molecule has 3 aromatic heterocycles. The van der Waals surface area contributed by atoms with E-state index in [1.807, 2.05) is 121 Å². The van der Waals surface area contributed by atoms with Gasteiger partial charge < -0.3 is 41.2 Å². The molecule has 3 aromatic carbocycles. The zero-order chi connectivity index (χ0) is 39.3. The number of nitrogen functional groups attached to an aromatic ring is 1. The fourth-order valence-electron chi connectivity index (χ4n) is 4.45. The first-order valence-corrected chi connectivity index (χ1v) is 18.1. The molecule has 9 nitrogen and oxygen atoms in total. The number of aryl methyl sites for hydroxylation is 4. The SMILES string of the molecule is CCc1ccc(C(=O)Nc2cc[n+](C)cc2)cc1.CCc1ccc(C(=O)Nc2cc[n+](C)cc2)cc1.Nc1ccncc1.O=C(Cl)c1ccc(CCl)cc1.[Cl-].[Cl-]. The molecule has 56 heavy (non-hydrogen) atoms. The van der Waals surface area contributed by atoms with Crippen molar-refractivity contribution in [3.05, 3.63) is 180 Å². The van der Waals surface area contributed by atoms with E-state index in [0.717, 1.165) is 35.5 Å². The topological polar surface area (TPSA) is 122 Å². The van der Waals surface area contributed by atoms with Gasteiger partial charge in [0.1, 0.15) is 14.1 Å². The quantitative estimate of drug-likeness (QED) is 0.123. The van der Waals surface area contributed by atoms with Gasteiger partial charge in [0.05, 0.1) is 11.4 Å². The Balaban J connectivity index is 0.000000388. The predicted octanol–water partition coefficient (Wildman–Crippen LogP) is 2.13. The molecule has 6 rings (SSSR count). The minimum absolute atomic E-state index is 0. The van der Waals surface area contributed by atoms with Crippen molar-refractivity contribution in [3.63, 3.8) is 0 Å². The van der Waals surface area contributed by atoms with E-state index < -0.39 is 5.24 Å². The lowest BCUT2D eigenvalue weighted by molar-refractivity contribution is -0.671. The lowest BCUT2D eigenvalue weighted by Gasteiger charge is -2.05. The summed E-state index contributed by atoms with van der Waals surface area (Å²) in [5, 5.41) is 5.30. The number of hydrogen-bond donors (Lipinski definition) is 3. The number of nitrogens with one attached hydrogen (secondary N) is 2. The summed E-state index contributed by atoms with van der Waals surface area (Å²) in [5.74, 6) is 0.300. The molecule has 0 saturated heterocycles. The fraction of sp³-hybridized carbons (Fsp3) is 0.163. The standard InChI is InChI=1S/2C15H16N2O.C8H6Cl2O.C5H6N2.2ClH/c2*1-3-12-4-6-13(7-5-12)15(18)16-14-8-10-17(2)11-9-14;9-5-6-1-3-7(4-2-6)8(10)11;6-5-1-3-7-4-2-5;;/h2*4-11H,3H2,1-2H3;1-4H,5H2;1-4H,(H2,6,7);2*1H. The van der Waals surface area contributed by atoms with Crippen molar-refractivity contribution < 1.29 is 48.3 Å². The minimum Gasteiger partial charge on any atom is -1.00 e. The molecule has 0 atom stereocenters. The lowest BCUT2D eigenvalue weighted by atomic mass is 10.1. The second-order valence-corrected chi connectivity index (χ2v) is 12.5. The Labute approximate surface area is 351 Å². The van der Waals surface area contributed by atoms with E-state index in [9.17, 15) is 14.4 Å². The molecule has 0 unspecified atom stereocenters. The summed E-state index contributed by atoms with van der Waals surface area (Å²) in [4.78, 5) is 38.3. The first-order chi connectivity index (χ1) is 26.0. The molecule has 3 heterocycles. The number of nitrogens with two attached hydrogens (primary N) is 1. The summed E-state index contributed by atoms with van der Waals surface area (Å²) in [5.41, 5.74) is 13.0. The normalized spacial score (nSPS) is 9.46. The zero-order valence-corrected chi connectivity index (χ0v) is 34.7. The average Bonchev–Trinajstić information content (AvgIpc) is 3.20. The van der Waals surface area contributed by atoms with Crippen LogP contribution in [0.25, 0.3) is 0 Å². The van der Waals surface area contributed by atoms with Crippen LogP contribution in [0.1, 0.15) is 61.6 Å². The number of benzene rings is 3. The Kier molecular flexibility index (Phi) is 23.0. The van der Waals surface area contributed by atoms with Crippen LogP contribution in [0.3, 0.4) is 0 Å². The summed E-state index contributed by atoms with van der Waals surface area (Å²) in [6.45, 7) is 4.19. The van der Waals surface area contributed by atoms with E-state index in [2.05, 4.69) is 29.5 Å². The lowest BCUT2D eigenvalue weighted by Crippen LogP contribution is -3.00. The summed E-state index contributed by atoms with van der Waals surface area (Å²) in [7, 11) is 3.88. The van der Waals surface area contributed by atoms with Crippen LogP contribution in [0.5, 0.6) is 0 Å². The molecule has 0 aliphatic carbocycles. The molecule has 2 amide bonds. The predicted molar refractivity (Wildman–Crippen MR) is 218 cm³/mol. The highest BCUT2D eigenvalue weighted by Crippen LogP contribution is 2.11. The number of nitrogens with zero attached hydrogens (tertiary/aromatic N) is 3. The Hall–Kier alpha value is -5.32. The van der Waals surface area contributed by atoms with Crippen LogP contribution in [0.15, 0.2) is 146 Å². The average molecular weight is 837 g/mol. The molecule has 4 N–H and O–H groups in total. The number of pyridine rings is 3. The second kappa shape index (κ2) is 26.5. The Bertz CT molecular complexity index is 1930. The Morgan fingerprint density at radius 2 is 0.911 bits per heavy atom. The van der Waals surface area contributed by atoms with E-state index in [1.54, 1.807) is 48.8 Å². The number of rotatable bonds is 8. The molecule has 0 bridgehead atoms. The van der Waals surface area contributed by atoms with Gasteiger partial charge in [-0.3, -0.25) is 19.4 Å². The van der Waals surface area contributed by atoms with E-state index >= 15 is 0 Å². The monoisotopic (exact) mass is 834 g/mol. The molecule has 294 valence electrons. The summed E-state index contributed by atoms with van der Waals surface area (Å²) < 4.78 is 3.84. The number of amides is 2. The number of anilines is 3. The second-order valence-electron chi connectivity index (χ2n) is 11.9. The molecule has 0 saturated carbocycles. The number of aromatic nitrogens is 3. The Morgan fingerprint density at radius 1 is 0.571 bits per heavy atom. The molecular weight excluding hydrogens is 790 g/mol. The van der Waals surface area contributed by atoms with Crippen LogP contribution in [0.2, 0.25) is 0 Å². The smallest absolute Gasteiger partial charge is 0.255 e. The molecule has 0 radical (unpaired) electrons. The van der Waals surface area contributed by atoms with E-state index in [1.165, 1.54) is 11.1 Å². The molecule has 6 aromatic rings. The zero-order valence-electron chi connectivity index (χ0n) is 31.6. The maximum Gasteiger partial charge on any atom is 0.255 e. The van der Waals surface area contributed by atoms with Gasteiger partial charge in [-0.15, -0.1) is 11.6 Å². The number of carbonyl (C=O) groups excluding carboxylic acids is 3. The molecule has 13 heteroatoms. The number of alkyl halides is 1. The first-order valence-electron chi connectivity index (χ1n) is 17.2. The van der Waals surface area contributed by atoms with Crippen LogP contribution < -0.4 is 50.3 Å².